The minimum Gasteiger partial charge on any atom is -0.444 e. The van der Waals surface area contributed by atoms with Gasteiger partial charge in [-0.25, -0.2) is 4.98 Å². The molecule has 158 valence electrons. The molecule has 2 N–H and O–H groups in total. The van der Waals surface area contributed by atoms with Crippen LogP contribution in [0.4, 0.5) is 0 Å². The van der Waals surface area contributed by atoms with Gasteiger partial charge in [-0.1, -0.05) is 61.3 Å². The van der Waals surface area contributed by atoms with E-state index in [1.165, 1.54) is 0 Å². The van der Waals surface area contributed by atoms with Crippen molar-refractivity contribution in [2.75, 3.05) is 0 Å². The zero-order chi connectivity index (χ0) is 21.9. The van der Waals surface area contributed by atoms with E-state index >= 15 is 0 Å². The summed E-state index contributed by atoms with van der Waals surface area (Å²) >= 11 is 13.0. The second kappa shape index (κ2) is 7.14. The Morgan fingerprint density at radius 2 is 1.90 bits per heavy atom. The van der Waals surface area contributed by atoms with Gasteiger partial charge in [0.15, 0.2) is 5.78 Å². The van der Waals surface area contributed by atoms with Crippen molar-refractivity contribution in [2.45, 2.75) is 32.6 Å². The normalized spacial score (nSPS) is 20.8. The molecule has 2 aliphatic rings. The molecule has 3 aromatic rings. The monoisotopic (exact) mass is 453 g/mol. The van der Waals surface area contributed by atoms with E-state index in [2.05, 4.69) is 18.8 Å². The first-order valence-corrected chi connectivity index (χ1v) is 10.8. The molecule has 31 heavy (non-hydrogen) atoms. The predicted octanol–water partition coefficient (Wildman–Crippen LogP) is 5.89. The molecule has 0 amide bonds. The molecule has 0 bridgehead atoms. The smallest absolute Gasteiger partial charge is 0.211 e. The van der Waals surface area contributed by atoms with E-state index in [1.807, 2.05) is 41.0 Å². The van der Waals surface area contributed by atoms with Gasteiger partial charge in [-0.15, -0.1) is 0 Å². The molecule has 1 atom stereocenters. The highest BCUT2D eigenvalue weighted by molar-refractivity contribution is 6.42. The molecule has 2 heterocycles. The second-order valence-corrected chi connectivity index (χ2v) is 9.59. The highest BCUT2D eigenvalue weighted by Crippen LogP contribution is 2.51. The van der Waals surface area contributed by atoms with E-state index in [0.29, 0.717) is 45.5 Å². The summed E-state index contributed by atoms with van der Waals surface area (Å²) in [5.41, 5.74) is 9.89. The van der Waals surface area contributed by atoms with Gasteiger partial charge in [-0.2, -0.15) is 0 Å². The number of rotatable bonds is 2. The number of ether oxygens (including phenoxy) is 1. The number of benzene rings is 2. The van der Waals surface area contributed by atoms with Crippen LogP contribution in [0.5, 0.6) is 0 Å². The summed E-state index contributed by atoms with van der Waals surface area (Å²) in [6.07, 6.45) is 2.73. The van der Waals surface area contributed by atoms with Crippen LogP contribution in [0, 0.1) is 5.41 Å². The predicted molar refractivity (Wildman–Crippen MR) is 122 cm³/mol. The van der Waals surface area contributed by atoms with E-state index in [1.54, 1.807) is 12.4 Å². The molecule has 0 spiro atoms. The Hall–Kier alpha value is -2.76. The number of carbonyl (C=O) groups is 1. The third-order valence-electron chi connectivity index (χ3n) is 5.93. The lowest BCUT2D eigenvalue weighted by molar-refractivity contribution is -0.118. The number of nitrogens with zero attached hydrogens (tertiary/aromatic N) is 2. The number of carbonyl (C=O) groups excluding carboxylic acids is 1. The van der Waals surface area contributed by atoms with Crippen molar-refractivity contribution in [2.24, 2.45) is 11.1 Å². The van der Waals surface area contributed by atoms with Crippen molar-refractivity contribution < 1.29 is 9.53 Å². The van der Waals surface area contributed by atoms with Gasteiger partial charge in [0.1, 0.15) is 12.1 Å². The third kappa shape index (κ3) is 3.24. The first-order valence-electron chi connectivity index (χ1n) is 10.1. The van der Waals surface area contributed by atoms with Crippen molar-refractivity contribution in [3.63, 3.8) is 0 Å². The van der Waals surface area contributed by atoms with Crippen LogP contribution >= 0.6 is 23.2 Å². The fraction of sp³-hybridized carbons (Fsp3) is 0.250. The van der Waals surface area contributed by atoms with Crippen LogP contribution in [0.2, 0.25) is 10.0 Å². The van der Waals surface area contributed by atoms with Crippen molar-refractivity contribution in [3.05, 3.63) is 81.6 Å². The van der Waals surface area contributed by atoms with Gasteiger partial charge < -0.3 is 10.5 Å². The van der Waals surface area contributed by atoms with Crippen LogP contribution in [0.15, 0.2) is 66.0 Å². The lowest BCUT2D eigenvalue weighted by Gasteiger charge is -2.39. The number of allylic oxidation sites excluding steroid dienone is 3. The molecule has 5 rings (SSSR count). The summed E-state index contributed by atoms with van der Waals surface area (Å²) in [6.45, 7) is 4.11. The highest BCUT2D eigenvalue weighted by Gasteiger charge is 2.44. The standard InChI is InChI=1S/C24H21Cl2N3O2/c1-24(2)10-17(30)20-18(11-24)31-23(27)22(19(20)13-6-5-7-14(25)21(13)26)29-12-28-15-8-3-4-9-16(15)29/h3-9,12,19H,10-11,27H2,1-2H3. The summed E-state index contributed by atoms with van der Waals surface area (Å²) < 4.78 is 7.97. The van der Waals surface area contributed by atoms with Gasteiger partial charge >= 0.3 is 0 Å². The van der Waals surface area contributed by atoms with Crippen molar-refractivity contribution in [1.82, 2.24) is 9.55 Å². The van der Waals surface area contributed by atoms with Crippen LogP contribution in [-0.2, 0) is 9.53 Å². The molecular formula is C24H21Cl2N3O2. The van der Waals surface area contributed by atoms with Gasteiger partial charge in [-0.3, -0.25) is 9.36 Å². The maximum absolute atomic E-state index is 13.4. The third-order valence-corrected chi connectivity index (χ3v) is 6.77. The van der Waals surface area contributed by atoms with E-state index < -0.39 is 5.92 Å². The molecule has 1 aliphatic carbocycles. The number of Topliss-reactive ketones (excluding diaryl/α,β-unsaturated/α-hetero) is 1. The lowest BCUT2D eigenvalue weighted by atomic mass is 9.71. The number of ketones is 1. The molecular weight excluding hydrogens is 433 g/mol. The van der Waals surface area contributed by atoms with Gasteiger partial charge in [0.05, 0.1) is 32.7 Å². The molecule has 7 heteroatoms. The minimum absolute atomic E-state index is 0.0294. The average molecular weight is 454 g/mol. The van der Waals surface area contributed by atoms with Crippen LogP contribution in [0.25, 0.3) is 16.7 Å². The number of hydrogen-bond acceptors (Lipinski definition) is 4. The van der Waals surface area contributed by atoms with E-state index in [9.17, 15) is 4.79 Å². The Morgan fingerprint density at radius 3 is 2.71 bits per heavy atom. The van der Waals surface area contributed by atoms with Crippen LogP contribution in [0.3, 0.4) is 0 Å². The minimum atomic E-state index is -0.517. The Labute approximate surface area is 190 Å². The Balaban J connectivity index is 1.79. The van der Waals surface area contributed by atoms with Crippen LogP contribution < -0.4 is 5.73 Å². The number of aromatic nitrogens is 2. The number of fused-ring (bicyclic) bond motifs is 1. The largest absolute Gasteiger partial charge is 0.444 e. The second-order valence-electron chi connectivity index (χ2n) is 8.81. The van der Waals surface area contributed by atoms with Gasteiger partial charge in [0.2, 0.25) is 5.88 Å². The molecule has 0 saturated carbocycles. The lowest BCUT2D eigenvalue weighted by Crippen LogP contribution is -2.34. The Morgan fingerprint density at radius 1 is 1.13 bits per heavy atom. The van der Waals surface area contributed by atoms with Crippen molar-refractivity contribution in [3.8, 4) is 0 Å². The summed E-state index contributed by atoms with van der Waals surface area (Å²) in [6, 6.07) is 13.2. The number of halogens is 2. The van der Waals surface area contributed by atoms with E-state index in [0.717, 1.165) is 11.0 Å². The quantitative estimate of drug-likeness (QED) is 0.525. The van der Waals surface area contributed by atoms with Crippen molar-refractivity contribution >= 4 is 45.7 Å². The maximum Gasteiger partial charge on any atom is 0.211 e. The van der Waals surface area contributed by atoms with Gasteiger partial charge in [0.25, 0.3) is 0 Å². The number of para-hydroxylation sites is 2. The van der Waals surface area contributed by atoms with Crippen LogP contribution in [-0.4, -0.2) is 15.3 Å². The Bertz CT molecular complexity index is 1300. The molecule has 2 aromatic carbocycles. The SMILES string of the molecule is CC1(C)CC(=O)C2=C(C1)OC(N)=C(n1cnc3ccccc31)C2c1cccc(Cl)c1Cl. The molecule has 1 aromatic heterocycles. The fourth-order valence-electron chi connectivity index (χ4n) is 4.61. The summed E-state index contributed by atoms with van der Waals surface area (Å²) in [5, 5.41) is 0.820. The molecule has 0 radical (unpaired) electrons. The number of nitrogens with two attached hydrogens (primary N) is 1. The first-order chi connectivity index (χ1) is 14.8. The zero-order valence-electron chi connectivity index (χ0n) is 17.2. The van der Waals surface area contributed by atoms with Crippen LogP contribution in [0.1, 0.15) is 38.2 Å². The van der Waals surface area contributed by atoms with Crippen molar-refractivity contribution in [1.29, 1.82) is 0 Å². The summed E-state index contributed by atoms with van der Waals surface area (Å²) in [4.78, 5) is 17.9. The first kappa shape index (κ1) is 20.2. The number of hydrogen-bond donors (Lipinski definition) is 1. The van der Waals surface area contributed by atoms with Gasteiger partial charge in [0, 0.05) is 18.4 Å². The van der Waals surface area contributed by atoms with E-state index in [-0.39, 0.29) is 17.1 Å². The summed E-state index contributed by atoms with van der Waals surface area (Å²) in [5.74, 6) is 0.347. The number of imidazole rings is 1. The Kier molecular flexibility index (Phi) is 4.65. The fourth-order valence-corrected chi connectivity index (χ4v) is 5.03. The molecule has 0 saturated heterocycles. The molecule has 1 aliphatic heterocycles. The molecule has 1 unspecified atom stereocenters. The maximum atomic E-state index is 13.4. The summed E-state index contributed by atoms with van der Waals surface area (Å²) in [7, 11) is 0. The highest BCUT2D eigenvalue weighted by atomic mass is 35.5. The zero-order valence-corrected chi connectivity index (χ0v) is 18.7. The topological polar surface area (TPSA) is 70.1 Å². The van der Waals surface area contributed by atoms with E-state index in [4.69, 9.17) is 33.7 Å². The molecule has 5 nitrogen and oxygen atoms in total. The molecule has 0 fully saturated rings. The van der Waals surface area contributed by atoms with Gasteiger partial charge in [-0.05, 0) is 29.2 Å². The average Bonchev–Trinajstić information content (AvgIpc) is 3.12.